The lowest BCUT2D eigenvalue weighted by Crippen LogP contribution is -2.46. The van der Waals surface area contributed by atoms with E-state index in [1.54, 1.807) is 12.1 Å². The van der Waals surface area contributed by atoms with E-state index >= 15 is 0 Å². The molecule has 0 radical (unpaired) electrons. The van der Waals surface area contributed by atoms with Gasteiger partial charge in [0.15, 0.2) is 10.9 Å². The molecule has 0 spiro atoms. The number of carbonyl (C=O) groups excluding carboxylic acids is 1. The molecule has 0 aliphatic carbocycles. The molecule has 1 heterocycles. The number of hydrogen-bond donors (Lipinski definition) is 3. The van der Waals surface area contributed by atoms with Crippen LogP contribution in [-0.2, 0) is 0 Å². The molecular formula is C8H11N3O2S. The monoisotopic (exact) mass is 213 g/mol. The Labute approximate surface area is 86.8 Å². The molecule has 0 aromatic carbocycles. The van der Waals surface area contributed by atoms with Crippen LogP contribution >= 0.6 is 12.2 Å². The Hall–Kier alpha value is -1.56. The number of furan rings is 1. The van der Waals surface area contributed by atoms with Crippen molar-refractivity contribution in [3.05, 3.63) is 24.2 Å². The maximum Gasteiger partial charge on any atom is 0.305 e. The van der Waals surface area contributed by atoms with Crippen molar-refractivity contribution >= 4 is 23.2 Å². The van der Waals surface area contributed by atoms with Crippen LogP contribution in [0.25, 0.3) is 0 Å². The summed E-state index contributed by atoms with van der Waals surface area (Å²) in [5.74, 6) is -0.132. The van der Waals surface area contributed by atoms with Crippen molar-refractivity contribution in [1.29, 1.82) is 0 Å². The Kier molecular flexibility index (Phi) is 3.93. The number of thiocarbonyl (C=S) groups is 1. The van der Waals surface area contributed by atoms with Gasteiger partial charge in [0.25, 0.3) is 0 Å². The molecule has 0 aliphatic heterocycles. The Morgan fingerprint density at radius 1 is 1.57 bits per heavy atom. The second-order valence-corrected chi connectivity index (χ2v) is 2.82. The van der Waals surface area contributed by atoms with E-state index < -0.39 is 0 Å². The molecule has 1 aromatic rings. The Morgan fingerprint density at radius 3 is 2.93 bits per heavy atom. The van der Waals surface area contributed by atoms with Crippen LogP contribution in [-0.4, -0.2) is 17.6 Å². The molecule has 1 aromatic heterocycles. The molecule has 0 atom stereocenters. The highest BCUT2D eigenvalue weighted by Crippen LogP contribution is 1.97. The van der Waals surface area contributed by atoms with Gasteiger partial charge in [0.05, 0.1) is 6.26 Å². The van der Waals surface area contributed by atoms with Crippen LogP contribution in [0.15, 0.2) is 22.8 Å². The van der Waals surface area contributed by atoms with Gasteiger partial charge in [0.1, 0.15) is 0 Å². The molecule has 0 saturated carbocycles. The summed E-state index contributed by atoms with van der Waals surface area (Å²) in [6, 6.07) is 3.20. The van der Waals surface area contributed by atoms with Gasteiger partial charge >= 0.3 is 5.91 Å². The lowest BCUT2D eigenvalue weighted by Gasteiger charge is -2.08. The number of amides is 1. The molecular weight excluding hydrogens is 202 g/mol. The minimum atomic E-state index is -0.366. The third-order valence-corrected chi connectivity index (χ3v) is 1.62. The SMILES string of the molecule is CCNC(=S)NNC(=O)c1ccco1. The van der Waals surface area contributed by atoms with E-state index in [1.807, 2.05) is 6.92 Å². The molecule has 5 nitrogen and oxygen atoms in total. The number of carbonyl (C=O) groups is 1. The molecule has 0 aliphatic rings. The summed E-state index contributed by atoms with van der Waals surface area (Å²) in [5.41, 5.74) is 4.92. The summed E-state index contributed by atoms with van der Waals surface area (Å²) in [5, 5.41) is 3.19. The maximum absolute atomic E-state index is 11.3. The van der Waals surface area contributed by atoms with Gasteiger partial charge in [-0.2, -0.15) is 0 Å². The largest absolute Gasteiger partial charge is 0.459 e. The third kappa shape index (κ3) is 3.06. The quantitative estimate of drug-likeness (QED) is 0.490. The number of rotatable bonds is 2. The number of hydrogen-bond acceptors (Lipinski definition) is 3. The van der Waals surface area contributed by atoms with Gasteiger partial charge in [-0.25, -0.2) is 0 Å². The van der Waals surface area contributed by atoms with E-state index in [1.165, 1.54) is 6.26 Å². The van der Waals surface area contributed by atoms with E-state index in [9.17, 15) is 4.79 Å². The van der Waals surface area contributed by atoms with Crippen molar-refractivity contribution in [2.45, 2.75) is 6.92 Å². The average molecular weight is 213 g/mol. The number of hydrazine groups is 1. The molecule has 1 amide bonds. The van der Waals surface area contributed by atoms with E-state index in [0.717, 1.165) is 0 Å². The molecule has 3 N–H and O–H groups in total. The maximum atomic E-state index is 11.3. The first-order chi connectivity index (χ1) is 6.74. The zero-order chi connectivity index (χ0) is 10.4. The first kappa shape index (κ1) is 10.5. The molecule has 0 fully saturated rings. The first-order valence-corrected chi connectivity index (χ1v) is 4.52. The highest BCUT2D eigenvalue weighted by atomic mass is 32.1. The van der Waals surface area contributed by atoms with Gasteiger partial charge < -0.3 is 9.73 Å². The van der Waals surface area contributed by atoms with Crippen molar-refractivity contribution in [3.63, 3.8) is 0 Å². The summed E-state index contributed by atoms with van der Waals surface area (Å²) in [6.07, 6.45) is 1.43. The Balaban J connectivity index is 2.32. The zero-order valence-corrected chi connectivity index (χ0v) is 8.48. The van der Waals surface area contributed by atoms with Crippen LogP contribution in [0.5, 0.6) is 0 Å². The fourth-order valence-corrected chi connectivity index (χ4v) is 0.983. The fourth-order valence-electron chi connectivity index (χ4n) is 0.788. The molecule has 1 rings (SSSR count). The van der Waals surface area contributed by atoms with Gasteiger partial charge in [-0.05, 0) is 31.3 Å². The van der Waals surface area contributed by atoms with E-state index in [4.69, 9.17) is 16.6 Å². The predicted molar refractivity (Wildman–Crippen MR) is 55.6 cm³/mol. The smallest absolute Gasteiger partial charge is 0.305 e. The zero-order valence-electron chi connectivity index (χ0n) is 7.66. The second kappa shape index (κ2) is 5.23. The van der Waals surface area contributed by atoms with Crippen molar-refractivity contribution in [2.75, 3.05) is 6.54 Å². The highest BCUT2D eigenvalue weighted by molar-refractivity contribution is 7.80. The van der Waals surface area contributed by atoms with Crippen LogP contribution in [0.3, 0.4) is 0 Å². The second-order valence-electron chi connectivity index (χ2n) is 2.42. The van der Waals surface area contributed by atoms with Gasteiger partial charge in [0, 0.05) is 6.54 Å². The van der Waals surface area contributed by atoms with Crippen LogP contribution < -0.4 is 16.2 Å². The first-order valence-electron chi connectivity index (χ1n) is 4.11. The predicted octanol–water partition coefficient (Wildman–Crippen LogP) is 0.408. The topological polar surface area (TPSA) is 66.3 Å². The van der Waals surface area contributed by atoms with Crippen molar-refractivity contribution in [3.8, 4) is 0 Å². The molecule has 76 valence electrons. The van der Waals surface area contributed by atoms with Gasteiger partial charge in [-0.3, -0.25) is 15.6 Å². The minimum Gasteiger partial charge on any atom is -0.459 e. The minimum absolute atomic E-state index is 0.233. The van der Waals surface area contributed by atoms with Crippen LogP contribution in [0.2, 0.25) is 0 Å². The number of nitrogens with one attached hydrogen (secondary N) is 3. The van der Waals surface area contributed by atoms with E-state index in [2.05, 4.69) is 16.2 Å². The third-order valence-electron chi connectivity index (χ3n) is 1.37. The summed E-state index contributed by atoms with van der Waals surface area (Å²) in [4.78, 5) is 11.3. The molecule has 14 heavy (non-hydrogen) atoms. The van der Waals surface area contributed by atoms with Crippen molar-refractivity contribution < 1.29 is 9.21 Å². The molecule has 0 unspecified atom stereocenters. The van der Waals surface area contributed by atoms with Crippen LogP contribution in [0.4, 0.5) is 0 Å². The normalized spacial score (nSPS) is 9.21. The Bertz CT molecular complexity index is 310. The van der Waals surface area contributed by atoms with Gasteiger partial charge in [-0.15, -0.1) is 0 Å². The molecule has 6 heteroatoms. The van der Waals surface area contributed by atoms with Crippen LogP contribution in [0.1, 0.15) is 17.5 Å². The van der Waals surface area contributed by atoms with Gasteiger partial charge in [-0.1, -0.05) is 0 Å². The lowest BCUT2D eigenvalue weighted by atomic mass is 10.4. The van der Waals surface area contributed by atoms with Crippen LogP contribution in [0, 0.1) is 0 Å². The van der Waals surface area contributed by atoms with Crippen molar-refractivity contribution in [1.82, 2.24) is 16.2 Å². The summed E-state index contributed by atoms with van der Waals surface area (Å²) >= 11 is 4.83. The summed E-state index contributed by atoms with van der Waals surface area (Å²) < 4.78 is 4.87. The van der Waals surface area contributed by atoms with Crippen molar-refractivity contribution in [2.24, 2.45) is 0 Å². The summed E-state index contributed by atoms with van der Waals surface area (Å²) in [7, 11) is 0. The standard InChI is InChI=1S/C8H11N3O2S/c1-2-9-8(14)11-10-7(12)6-4-3-5-13-6/h3-5H,2H2,1H3,(H,10,12)(H2,9,11,14). The lowest BCUT2D eigenvalue weighted by molar-refractivity contribution is 0.0916. The van der Waals surface area contributed by atoms with E-state index in [-0.39, 0.29) is 11.7 Å². The summed E-state index contributed by atoms with van der Waals surface area (Å²) in [6.45, 7) is 2.60. The average Bonchev–Trinajstić information content (AvgIpc) is 2.67. The molecule has 0 bridgehead atoms. The van der Waals surface area contributed by atoms with Gasteiger partial charge in [0.2, 0.25) is 0 Å². The Morgan fingerprint density at radius 2 is 2.36 bits per heavy atom. The highest BCUT2D eigenvalue weighted by Gasteiger charge is 2.07. The molecule has 0 saturated heterocycles. The fraction of sp³-hybridized carbons (Fsp3) is 0.250. The van der Waals surface area contributed by atoms with E-state index in [0.29, 0.717) is 11.7 Å².